The monoisotopic (exact) mass is 205 g/mol. The summed E-state index contributed by atoms with van der Waals surface area (Å²) in [5.74, 6) is -2.95. The average molecular weight is 205 g/mol. The molecule has 5 heteroatoms. The van der Waals surface area contributed by atoms with Gasteiger partial charge in [-0.15, -0.1) is 0 Å². The van der Waals surface area contributed by atoms with Crippen LogP contribution < -0.4 is 5.32 Å². The molecule has 0 saturated heterocycles. The molecule has 78 valence electrons. The molecule has 0 spiro atoms. The summed E-state index contributed by atoms with van der Waals surface area (Å²) in [4.78, 5) is 0. The number of aliphatic hydroxyl groups excluding tert-OH is 1. The molecule has 2 N–H and O–H groups in total. The van der Waals surface area contributed by atoms with Crippen LogP contribution in [0.2, 0.25) is 0 Å². The zero-order valence-electron chi connectivity index (χ0n) is 7.52. The van der Waals surface area contributed by atoms with Gasteiger partial charge < -0.3 is 5.11 Å². The molecule has 1 rings (SSSR count). The molecule has 0 bridgehead atoms. The van der Waals surface area contributed by atoms with Crippen LogP contribution in [0.4, 0.5) is 13.2 Å². The molecule has 0 radical (unpaired) electrons. The average Bonchev–Trinajstić information content (AvgIpc) is 2.10. The SMILES string of the molecule is CNC(O)Cc1c(F)cc(F)cc1F. The summed E-state index contributed by atoms with van der Waals surface area (Å²) in [6.45, 7) is 0. The van der Waals surface area contributed by atoms with Gasteiger partial charge in [0.2, 0.25) is 0 Å². The van der Waals surface area contributed by atoms with Gasteiger partial charge in [0.15, 0.2) is 0 Å². The van der Waals surface area contributed by atoms with Crippen LogP contribution in [0.3, 0.4) is 0 Å². The van der Waals surface area contributed by atoms with Crippen LogP contribution >= 0.6 is 0 Å². The van der Waals surface area contributed by atoms with Crippen LogP contribution in [0, 0.1) is 17.5 Å². The molecule has 0 aliphatic rings. The molecular weight excluding hydrogens is 195 g/mol. The zero-order chi connectivity index (χ0) is 10.7. The minimum atomic E-state index is -1.05. The minimum absolute atomic E-state index is 0.242. The van der Waals surface area contributed by atoms with E-state index in [4.69, 9.17) is 5.11 Å². The first-order chi connectivity index (χ1) is 6.54. The van der Waals surface area contributed by atoms with Gasteiger partial charge in [-0.25, -0.2) is 13.2 Å². The molecule has 1 atom stereocenters. The van der Waals surface area contributed by atoms with E-state index >= 15 is 0 Å². The Labute approximate surface area is 79.4 Å². The molecule has 2 nitrogen and oxygen atoms in total. The highest BCUT2D eigenvalue weighted by molar-refractivity contribution is 5.21. The first-order valence-electron chi connectivity index (χ1n) is 4.03. The maximum Gasteiger partial charge on any atom is 0.132 e. The fourth-order valence-electron chi connectivity index (χ4n) is 1.06. The number of nitrogens with one attached hydrogen (secondary N) is 1. The Bertz CT molecular complexity index is 307. The Kier molecular flexibility index (Phi) is 3.49. The van der Waals surface area contributed by atoms with E-state index in [1.807, 2.05) is 0 Å². The number of hydrogen-bond donors (Lipinski definition) is 2. The molecule has 1 unspecified atom stereocenters. The quantitative estimate of drug-likeness (QED) is 0.726. The second-order valence-electron chi connectivity index (χ2n) is 2.86. The molecule has 0 aliphatic heterocycles. The molecule has 0 aromatic heterocycles. The van der Waals surface area contributed by atoms with Crippen molar-refractivity contribution in [1.82, 2.24) is 5.32 Å². The maximum atomic E-state index is 13.0. The van der Waals surface area contributed by atoms with Crippen molar-refractivity contribution in [3.8, 4) is 0 Å². The van der Waals surface area contributed by atoms with Gasteiger partial charge in [-0.05, 0) is 7.05 Å². The lowest BCUT2D eigenvalue weighted by molar-refractivity contribution is 0.145. The fraction of sp³-hybridized carbons (Fsp3) is 0.333. The van der Waals surface area contributed by atoms with Crippen LogP contribution in [0.15, 0.2) is 12.1 Å². The van der Waals surface area contributed by atoms with Crippen molar-refractivity contribution in [1.29, 1.82) is 0 Å². The molecule has 0 aliphatic carbocycles. The Morgan fingerprint density at radius 2 is 1.79 bits per heavy atom. The van der Waals surface area contributed by atoms with Crippen molar-refractivity contribution < 1.29 is 18.3 Å². The highest BCUT2D eigenvalue weighted by atomic mass is 19.1. The van der Waals surface area contributed by atoms with Crippen LogP contribution in [0.25, 0.3) is 0 Å². The number of likely N-dealkylation sites (N-methyl/N-ethyl adjacent to an activating group) is 1. The summed E-state index contributed by atoms with van der Waals surface area (Å²) < 4.78 is 38.4. The van der Waals surface area contributed by atoms with Gasteiger partial charge >= 0.3 is 0 Å². The number of aliphatic hydroxyl groups is 1. The highest BCUT2D eigenvalue weighted by Crippen LogP contribution is 2.15. The summed E-state index contributed by atoms with van der Waals surface area (Å²) in [6.07, 6.45) is -1.29. The van der Waals surface area contributed by atoms with E-state index in [0.717, 1.165) is 0 Å². The van der Waals surface area contributed by atoms with Crippen molar-refractivity contribution in [2.24, 2.45) is 0 Å². The summed E-state index contributed by atoms with van der Waals surface area (Å²) >= 11 is 0. The topological polar surface area (TPSA) is 32.3 Å². The van der Waals surface area contributed by atoms with Gasteiger partial charge in [0.25, 0.3) is 0 Å². The summed E-state index contributed by atoms with van der Waals surface area (Å²) in [5.41, 5.74) is -0.326. The Balaban J connectivity index is 2.96. The normalized spacial score (nSPS) is 12.9. The summed E-state index contributed by atoms with van der Waals surface area (Å²) in [5, 5.41) is 11.5. The van der Waals surface area contributed by atoms with Gasteiger partial charge in [-0.1, -0.05) is 0 Å². The van der Waals surface area contributed by atoms with E-state index in [1.54, 1.807) is 0 Å². The molecule has 1 aromatic rings. The van der Waals surface area contributed by atoms with Crippen molar-refractivity contribution in [2.75, 3.05) is 7.05 Å². The maximum absolute atomic E-state index is 13.0. The minimum Gasteiger partial charge on any atom is -0.378 e. The van der Waals surface area contributed by atoms with Crippen LogP contribution in [0.5, 0.6) is 0 Å². The van der Waals surface area contributed by atoms with Crippen molar-refractivity contribution in [2.45, 2.75) is 12.6 Å². The van der Waals surface area contributed by atoms with Gasteiger partial charge in [0.1, 0.15) is 23.7 Å². The predicted octanol–water partition coefficient (Wildman–Crippen LogP) is 1.18. The summed E-state index contributed by atoms with van der Waals surface area (Å²) in [6, 6.07) is 1.17. The standard InChI is InChI=1S/C9H10F3NO/c1-13-9(14)4-6-7(11)2-5(10)3-8(6)12/h2-3,9,13-14H,4H2,1H3. The molecule has 0 fully saturated rings. The van der Waals surface area contributed by atoms with E-state index in [2.05, 4.69) is 5.32 Å². The Morgan fingerprint density at radius 1 is 1.29 bits per heavy atom. The number of benzene rings is 1. The number of hydrogen-bond acceptors (Lipinski definition) is 2. The third-order valence-electron chi connectivity index (χ3n) is 1.84. The second kappa shape index (κ2) is 4.43. The van der Waals surface area contributed by atoms with E-state index in [1.165, 1.54) is 7.05 Å². The van der Waals surface area contributed by atoms with Gasteiger partial charge in [0, 0.05) is 24.1 Å². The molecule has 0 amide bonds. The predicted molar refractivity (Wildman–Crippen MR) is 45.1 cm³/mol. The van der Waals surface area contributed by atoms with E-state index in [0.29, 0.717) is 12.1 Å². The van der Waals surface area contributed by atoms with Crippen molar-refractivity contribution >= 4 is 0 Å². The lowest BCUT2D eigenvalue weighted by Gasteiger charge is -2.10. The van der Waals surface area contributed by atoms with Crippen molar-refractivity contribution in [3.05, 3.63) is 35.1 Å². The van der Waals surface area contributed by atoms with E-state index < -0.39 is 23.7 Å². The molecule has 14 heavy (non-hydrogen) atoms. The van der Waals surface area contributed by atoms with E-state index in [9.17, 15) is 13.2 Å². The zero-order valence-corrected chi connectivity index (χ0v) is 7.52. The van der Waals surface area contributed by atoms with Crippen LogP contribution in [-0.2, 0) is 6.42 Å². The summed E-state index contributed by atoms with van der Waals surface area (Å²) in [7, 11) is 1.45. The molecule has 1 aromatic carbocycles. The lowest BCUT2D eigenvalue weighted by atomic mass is 10.1. The lowest BCUT2D eigenvalue weighted by Crippen LogP contribution is -2.27. The van der Waals surface area contributed by atoms with Crippen LogP contribution in [-0.4, -0.2) is 18.4 Å². The van der Waals surface area contributed by atoms with Gasteiger partial charge in [-0.3, -0.25) is 5.32 Å². The smallest absolute Gasteiger partial charge is 0.132 e. The largest absolute Gasteiger partial charge is 0.378 e. The van der Waals surface area contributed by atoms with Crippen molar-refractivity contribution in [3.63, 3.8) is 0 Å². The number of rotatable bonds is 3. The fourth-order valence-corrected chi connectivity index (χ4v) is 1.06. The first kappa shape index (κ1) is 11.0. The second-order valence-corrected chi connectivity index (χ2v) is 2.86. The van der Waals surface area contributed by atoms with Gasteiger partial charge in [-0.2, -0.15) is 0 Å². The molecule has 0 heterocycles. The van der Waals surface area contributed by atoms with Gasteiger partial charge in [0.05, 0.1) is 0 Å². The van der Waals surface area contributed by atoms with Crippen LogP contribution in [0.1, 0.15) is 5.56 Å². The first-order valence-corrected chi connectivity index (χ1v) is 4.03. The van der Waals surface area contributed by atoms with E-state index in [-0.39, 0.29) is 12.0 Å². The third kappa shape index (κ3) is 2.46. The Hall–Kier alpha value is -1.07. The highest BCUT2D eigenvalue weighted by Gasteiger charge is 2.14. The third-order valence-corrected chi connectivity index (χ3v) is 1.84. The Morgan fingerprint density at radius 3 is 2.21 bits per heavy atom. The molecule has 0 saturated carbocycles. The number of halogens is 3. The molecular formula is C9H10F3NO.